The van der Waals surface area contributed by atoms with E-state index >= 15 is 0 Å². The fourth-order valence-corrected chi connectivity index (χ4v) is 2.74. The summed E-state index contributed by atoms with van der Waals surface area (Å²) in [4.78, 5) is 0. The van der Waals surface area contributed by atoms with Gasteiger partial charge in [-0.25, -0.2) is 0 Å². The molecule has 0 amide bonds. The Kier molecular flexibility index (Phi) is 7.41. The van der Waals surface area contributed by atoms with Gasteiger partial charge in [0, 0.05) is 24.4 Å². The predicted molar refractivity (Wildman–Crippen MR) is 70.9 cm³/mol. The number of halogens is 3. The van der Waals surface area contributed by atoms with E-state index in [0.29, 0.717) is 12.6 Å². The molecule has 0 spiro atoms. The second-order valence-electron chi connectivity index (χ2n) is 4.89. The van der Waals surface area contributed by atoms with E-state index in [-0.39, 0.29) is 23.6 Å². The monoisotopic (exact) mass is 284 g/mol. The van der Waals surface area contributed by atoms with Gasteiger partial charge in [0.05, 0.1) is 0 Å². The zero-order valence-corrected chi connectivity index (χ0v) is 11.7. The molecule has 2 unspecified atom stereocenters. The van der Waals surface area contributed by atoms with Crippen molar-refractivity contribution in [3.63, 3.8) is 0 Å². The predicted octanol–water partition coefficient (Wildman–Crippen LogP) is 3.14. The molecule has 2 atom stereocenters. The molecule has 1 fully saturated rings. The summed E-state index contributed by atoms with van der Waals surface area (Å²) in [7, 11) is 0. The summed E-state index contributed by atoms with van der Waals surface area (Å²) in [6, 6.07) is 0.791. The minimum absolute atomic E-state index is 0.0468. The van der Waals surface area contributed by atoms with Gasteiger partial charge in [0.2, 0.25) is 0 Å². The maximum atomic E-state index is 11.9. The first-order valence-corrected chi connectivity index (χ1v) is 7.63. The fraction of sp³-hybridized carbons (Fsp3) is 1.00. The molecule has 0 aromatic rings. The highest BCUT2D eigenvalue weighted by Gasteiger charge is 2.27. The molecule has 1 aliphatic rings. The molecule has 0 aromatic heterocycles. The van der Waals surface area contributed by atoms with Crippen molar-refractivity contribution in [2.45, 2.75) is 56.6 Å². The summed E-state index contributed by atoms with van der Waals surface area (Å²) in [6.07, 6.45) is 5.96. The van der Waals surface area contributed by atoms with Crippen LogP contribution in [0.5, 0.6) is 0 Å². The van der Waals surface area contributed by atoms with Gasteiger partial charge in [-0.1, -0.05) is 12.8 Å². The minimum atomic E-state index is -4.10. The molecule has 1 aliphatic heterocycles. The molecule has 2 N–H and O–H groups in total. The van der Waals surface area contributed by atoms with Crippen LogP contribution >= 0.6 is 11.8 Å². The van der Waals surface area contributed by atoms with E-state index in [1.807, 2.05) is 6.92 Å². The van der Waals surface area contributed by atoms with Crippen LogP contribution in [0.2, 0.25) is 0 Å². The lowest BCUT2D eigenvalue weighted by Gasteiger charge is -2.21. The van der Waals surface area contributed by atoms with Crippen LogP contribution in [0.4, 0.5) is 13.2 Å². The van der Waals surface area contributed by atoms with Crippen LogP contribution in [0.3, 0.4) is 0 Å². The summed E-state index contributed by atoms with van der Waals surface area (Å²) >= 11 is 0.0468. The quantitative estimate of drug-likeness (QED) is 0.733. The van der Waals surface area contributed by atoms with Crippen LogP contribution in [-0.4, -0.2) is 36.4 Å². The standard InChI is InChI=1S/C12H23F3N2S/c1-10(16-7-8-18-12(13,14)15)9-11-5-3-2-4-6-17-11/h10-11,16-17H,2-9H2,1H3. The van der Waals surface area contributed by atoms with E-state index in [9.17, 15) is 13.2 Å². The Balaban J connectivity index is 2.07. The maximum Gasteiger partial charge on any atom is 0.441 e. The first-order chi connectivity index (χ1) is 8.47. The second kappa shape index (κ2) is 8.27. The zero-order chi connectivity index (χ0) is 13.4. The van der Waals surface area contributed by atoms with Crippen molar-refractivity contribution in [2.75, 3.05) is 18.8 Å². The third-order valence-corrected chi connectivity index (χ3v) is 3.90. The Labute approximate surface area is 111 Å². The molecule has 0 aliphatic carbocycles. The normalized spacial score (nSPS) is 23.7. The van der Waals surface area contributed by atoms with Crippen molar-refractivity contribution >= 4 is 11.8 Å². The molecule has 6 heteroatoms. The smallest absolute Gasteiger partial charge is 0.314 e. The van der Waals surface area contributed by atoms with Crippen molar-refractivity contribution in [3.05, 3.63) is 0 Å². The van der Waals surface area contributed by atoms with Crippen LogP contribution in [0.15, 0.2) is 0 Å². The van der Waals surface area contributed by atoms with Gasteiger partial charge in [-0.2, -0.15) is 13.2 Å². The summed E-state index contributed by atoms with van der Waals surface area (Å²) in [5.74, 6) is 0.0892. The Hall–Kier alpha value is 0.0600. The number of hydrogen-bond donors (Lipinski definition) is 2. The van der Waals surface area contributed by atoms with Crippen LogP contribution in [0.1, 0.15) is 39.0 Å². The number of rotatable bonds is 6. The largest absolute Gasteiger partial charge is 0.441 e. The topological polar surface area (TPSA) is 24.1 Å². The molecule has 0 aromatic carbocycles. The summed E-state index contributed by atoms with van der Waals surface area (Å²) in [5.41, 5.74) is -4.10. The summed E-state index contributed by atoms with van der Waals surface area (Å²) < 4.78 is 35.8. The molecular formula is C12H23F3N2S. The summed E-state index contributed by atoms with van der Waals surface area (Å²) in [6.45, 7) is 3.53. The molecule has 0 saturated carbocycles. The zero-order valence-electron chi connectivity index (χ0n) is 10.9. The first-order valence-electron chi connectivity index (χ1n) is 6.65. The lowest BCUT2D eigenvalue weighted by atomic mass is 10.0. The van der Waals surface area contributed by atoms with Crippen LogP contribution in [0.25, 0.3) is 0 Å². The molecule has 1 rings (SSSR count). The molecule has 1 heterocycles. The Morgan fingerprint density at radius 1 is 1.33 bits per heavy atom. The molecule has 2 nitrogen and oxygen atoms in total. The molecule has 0 radical (unpaired) electrons. The van der Waals surface area contributed by atoms with Gasteiger partial charge in [0.25, 0.3) is 0 Å². The molecule has 108 valence electrons. The third-order valence-electron chi connectivity index (χ3n) is 3.16. The van der Waals surface area contributed by atoms with Crippen molar-refractivity contribution < 1.29 is 13.2 Å². The van der Waals surface area contributed by atoms with E-state index in [2.05, 4.69) is 10.6 Å². The average molecular weight is 284 g/mol. The molecule has 18 heavy (non-hydrogen) atoms. The lowest BCUT2D eigenvalue weighted by Crippen LogP contribution is -2.37. The van der Waals surface area contributed by atoms with Crippen molar-refractivity contribution in [1.29, 1.82) is 0 Å². The first kappa shape index (κ1) is 16.1. The van der Waals surface area contributed by atoms with Gasteiger partial charge in [0.1, 0.15) is 0 Å². The van der Waals surface area contributed by atoms with Gasteiger partial charge in [-0.3, -0.25) is 0 Å². The van der Waals surface area contributed by atoms with Crippen LogP contribution < -0.4 is 10.6 Å². The lowest BCUT2D eigenvalue weighted by molar-refractivity contribution is -0.0327. The SMILES string of the molecule is CC(CC1CCCCCN1)NCCSC(F)(F)F. The van der Waals surface area contributed by atoms with Gasteiger partial charge in [-0.05, 0) is 44.5 Å². The van der Waals surface area contributed by atoms with Crippen LogP contribution in [0, 0.1) is 0 Å². The van der Waals surface area contributed by atoms with Gasteiger partial charge in [0.15, 0.2) is 0 Å². The highest BCUT2D eigenvalue weighted by Crippen LogP contribution is 2.29. The van der Waals surface area contributed by atoms with Gasteiger partial charge < -0.3 is 10.6 Å². The third kappa shape index (κ3) is 8.21. The van der Waals surface area contributed by atoms with Crippen molar-refractivity contribution in [3.8, 4) is 0 Å². The number of thioether (sulfide) groups is 1. The van der Waals surface area contributed by atoms with E-state index < -0.39 is 5.51 Å². The maximum absolute atomic E-state index is 11.9. The van der Waals surface area contributed by atoms with Gasteiger partial charge >= 0.3 is 5.51 Å². The number of alkyl halides is 3. The second-order valence-corrected chi connectivity index (χ2v) is 6.05. The van der Waals surface area contributed by atoms with Crippen molar-refractivity contribution in [2.24, 2.45) is 0 Å². The van der Waals surface area contributed by atoms with Crippen LogP contribution in [-0.2, 0) is 0 Å². The molecular weight excluding hydrogens is 261 g/mol. The van der Waals surface area contributed by atoms with E-state index in [1.54, 1.807) is 0 Å². The Morgan fingerprint density at radius 2 is 2.11 bits per heavy atom. The van der Waals surface area contributed by atoms with Crippen molar-refractivity contribution in [1.82, 2.24) is 10.6 Å². The molecule has 0 bridgehead atoms. The highest BCUT2D eigenvalue weighted by atomic mass is 32.2. The summed E-state index contributed by atoms with van der Waals surface area (Å²) in [5, 5.41) is 6.66. The highest BCUT2D eigenvalue weighted by molar-refractivity contribution is 8.00. The number of nitrogens with one attached hydrogen (secondary N) is 2. The van der Waals surface area contributed by atoms with E-state index in [0.717, 1.165) is 13.0 Å². The molecule has 1 saturated heterocycles. The minimum Gasteiger partial charge on any atom is -0.314 e. The Morgan fingerprint density at radius 3 is 2.83 bits per heavy atom. The fourth-order valence-electron chi connectivity index (χ4n) is 2.28. The van der Waals surface area contributed by atoms with E-state index in [1.165, 1.54) is 25.7 Å². The van der Waals surface area contributed by atoms with E-state index in [4.69, 9.17) is 0 Å². The average Bonchev–Trinajstić information content (AvgIpc) is 2.52. The Bertz CT molecular complexity index is 216. The number of hydrogen-bond acceptors (Lipinski definition) is 3. The van der Waals surface area contributed by atoms with Gasteiger partial charge in [-0.15, -0.1) is 0 Å².